The summed E-state index contributed by atoms with van der Waals surface area (Å²) in [6, 6.07) is 0. The van der Waals surface area contributed by atoms with Crippen LogP contribution >= 0.6 is 0 Å². The average Bonchev–Trinajstić information content (AvgIpc) is 2.73. The van der Waals surface area contributed by atoms with Gasteiger partial charge in [-0.2, -0.15) is 0 Å². The fourth-order valence-corrected chi connectivity index (χ4v) is 3.66. The summed E-state index contributed by atoms with van der Waals surface area (Å²) in [6.07, 6.45) is 6.04. The largest absolute Gasteiger partial charge is 0.401 e. The first-order chi connectivity index (χ1) is 14.1. The number of rotatable bonds is 8. The van der Waals surface area contributed by atoms with Gasteiger partial charge in [0.25, 0.3) is 5.91 Å². The number of nitrogens with one attached hydrogen (secondary N) is 1. The maximum Gasteiger partial charge on any atom is 0.252 e. The van der Waals surface area contributed by atoms with Gasteiger partial charge in [0.1, 0.15) is 0 Å². The third-order valence-electron chi connectivity index (χ3n) is 6.19. The number of piperidine rings is 1. The molecule has 0 aromatic carbocycles. The SMILES string of the molecule is COC1CCN(C(C)(C)C(=O)NC(=O)C=C(N)C(C)(C)COC2CCCCO2)CC1. The maximum atomic E-state index is 12.8. The number of methoxy groups -OCH3 is 1. The summed E-state index contributed by atoms with van der Waals surface area (Å²) in [5.41, 5.74) is 5.18. The first-order valence-corrected chi connectivity index (χ1v) is 10.9. The van der Waals surface area contributed by atoms with E-state index in [0.29, 0.717) is 18.9 Å². The minimum atomic E-state index is -0.798. The number of amides is 2. The van der Waals surface area contributed by atoms with E-state index in [2.05, 4.69) is 10.2 Å². The molecule has 0 radical (unpaired) electrons. The molecule has 2 aliphatic heterocycles. The lowest BCUT2D eigenvalue weighted by Crippen LogP contribution is -2.58. The van der Waals surface area contributed by atoms with E-state index in [1.807, 2.05) is 27.7 Å². The Bertz CT molecular complexity index is 618. The summed E-state index contributed by atoms with van der Waals surface area (Å²) in [6.45, 7) is 10.0. The molecule has 2 saturated heterocycles. The Kier molecular flexibility index (Phi) is 8.85. The monoisotopic (exact) mass is 425 g/mol. The molecule has 172 valence electrons. The van der Waals surface area contributed by atoms with Crippen molar-refractivity contribution < 1.29 is 23.8 Å². The number of nitrogens with two attached hydrogens (primary N) is 1. The van der Waals surface area contributed by atoms with E-state index in [-0.39, 0.29) is 18.3 Å². The first-order valence-electron chi connectivity index (χ1n) is 10.9. The van der Waals surface area contributed by atoms with Crippen LogP contribution in [0.25, 0.3) is 0 Å². The molecule has 2 fully saturated rings. The molecule has 2 amide bonds. The molecule has 2 rings (SSSR count). The normalized spacial score (nSPS) is 22.7. The van der Waals surface area contributed by atoms with Crippen LogP contribution in [0.15, 0.2) is 11.8 Å². The van der Waals surface area contributed by atoms with Crippen LogP contribution in [0.4, 0.5) is 0 Å². The van der Waals surface area contributed by atoms with Gasteiger partial charge in [0, 0.05) is 44.0 Å². The van der Waals surface area contributed by atoms with E-state index in [1.165, 1.54) is 6.08 Å². The van der Waals surface area contributed by atoms with Crippen LogP contribution in [-0.2, 0) is 23.8 Å². The maximum absolute atomic E-state index is 12.8. The Morgan fingerprint density at radius 1 is 1.17 bits per heavy atom. The second kappa shape index (κ2) is 10.7. The molecule has 0 aromatic rings. The van der Waals surface area contributed by atoms with E-state index in [4.69, 9.17) is 19.9 Å². The summed E-state index contributed by atoms with van der Waals surface area (Å²) in [5, 5.41) is 2.48. The second-order valence-corrected chi connectivity index (χ2v) is 9.39. The number of hydrogen-bond acceptors (Lipinski definition) is 7. The highest BCUT2D eigenvalue weighted by atomic mass is 16.7. The van der Waals surface area contributed by atoms with Crippen molar-refractivity contribution in [3.63, 3.8) is 0 Å². The van der Waals surface area contributed by atoms with Crippen LogP contribution in [0, 0.1) is 5.41 Å². The molecule has 0 aromatic heterocycles. The lowest BCUT2D eigenvalue weighted by atomic mass is 9.90. The Labute approximate surface area is 180 Å². The van der Waals surface area contributed by atoms with Gasteiger partial charge in [-0.15, -0.1) is 0 Å². The summed E-state index contributed by atoms with van der Waals surface area (Å²) >= 11 is 0. The zero-order valence-electron chi connectivity index (χ0n) is 19.2. The molecule has 0 spiro atoms. The van der Waals surface area contributed by atoms with Crippen molar-refractivity contribution in [2.75, 3.05) is 33.4 Å². The molecule has 0 aliphatic carbocycles. The van der Waals surface area contributed by atoms with Gasteiger partial charge in [-0.1, -0.05) is 13.8 Å². The van der Waals surface area contributed by atoms with Crippen LogP contribution in [0.5, 0.6) is 0 Å². The van der Waals surface area contributed by atoms with E-state index in [0.717, 1.165) is 45.2 Å². The molecule has 2 aliphatic rings. The molecule has 0 bridgehead atoms. The first kappa shape index (κ1) is 24.8. The van der Waals surface area contributed by atoms with Crippen LogP contribution in [0.2, 0.25) is 0 Å². The predicted molar refractivity (Wildman–Crippen MR) is 114 cm³/mol. The summed E-state index contributed by atoms with van der Waals surface area (Å²) in [7, 11) is 1.71. The van der Waals surface area contributed by atoms with E-state index in [1.54, 1.807) is 7.11 Å². The predicted octanol–water partition coefficient (Wildman–Crippen LogP) is 1.93. The third kappa shape index (κ3) is 6.77. The standard InChI is InChI=1S/C22H39N3O5/c1-21(2,15-30-19-8-6-7-13-29-19)17(23)14-18(26)24-20(27)22(3,4)25-11-9-16(28-5)10-12-25/h14,16,19H,6-13,15,23H2,1-5H3,(H,24,26,27). The highest BCUT2D eigenvalue weighted by Crippen LogP contribution is 2.26. The minimum Gasteiger partial charge on any atom is -0.401 e. The van der Waals surface area contributed by atoms with Crippen LogP contribution in [0.1, 0.15) is 59.8 Å². The molecule has 8 nitrogen and oxygen atoms in total. The zero-order chi connectivity index (χ0) is 22.4. The lowest BCUT2D eigenvalue weighted by Gasteiger charge is -2.41. The fourth-order valence-electron chi connectivity index (χ4n) is 3.66. The zero-order valence-corrected chi connectivity index (χ0v) is 19.2. The van der Waals surface area contributed by atoms with Crippen molar-refractivity contribution >= 4 is 11.8 Å². The Morgan fingerprint density at radius 3 is 2.40 bits per heavy atom. The van der Waals surface area contributed by atoms with Crippen LogP contribution in [0.3, 0.4) is 0 Å². The van der Waals surface area contributed by atoms with Gasteiger partial charge in [0.05, 0.1) is 18.2 Å². The van der Waals surface area contributed by atoms with E-state index >= 15 is 0 Å². The Balaban J connectivity index is 1.88. The Morgan fingerprint density at radius 2 is 1.83 bits per heavy atom. The van der Waals surface area contributed by atoms with Crippen molar-refractivity contribution in [3.8, 4) is 0 Å². The number of ether oxygens (including phenoxy) is 3. The molecule has 8 heteroatoms. The minimum absolute atomic E-state index is 0.218. The van der Waals surface area contributed by atoms with Gasteiger partial charge < -0.3 is 19.9 Å². The topological polar surface area (TPSA) is 103 Å². The summed E-state index contributed by atoms with van der Waals surface area (Å²) < 4.78 is 16.8. The number of nitrogens with zero attached hydrogens (tertiary/aromatic N) is 1. The number of imide groups is 1. The molecule has 1 unspecified atom stereocenters. The van der Waals surface area contributed by atoms with Crippen LogP contribution in [-0.4, -0.2) is 68.1 Å². The number of carbonyl (C=O) groups excluding carboxylic acids is 2. The quantitative estimate of drug-likeness (QED) is 0.573. The average molecular weight is 426 g/mol. The molecular weight excluding hydrogens is 386 g/mol. The van der Waals surface area contributed by atoms with Gasteiger partial charge >= 0.3 is 0 Å². The molecule has 3 N–H and O–H groups in total. The summed E-state index contributed by atoms with van der Waals surface area (Å²) in [4.78, 5) is 27.3. The second-order valence-electron chi connectivity index (χ2n) is 9.39. The van der Waals surface area contributed by atoms with Crippen molar-refractivity contribution in [3.05, 3.63) is 11.8 Å². The number of carbonyl (C=O) groups is 2. The highest BCUT2D eigenvalue weighted by molar-refractivity contribution is 6.04. The lowest BCUT2D eigenvalue weighted by molar-refractivity contribution is -0.173. The summed E-state index contributed by atoms with van der Waals surface area (Å²) in [5.74, 6) is -0.851. The molecule has 30 heavy (non-hydrogen) atoms. The smallest absolute Gasteiger partial charge is 0.252 e. The van der Waals surface area contributed by atoms with Crippen LogP contribution < -0.4 is 11.1 Å². The van der Waals surface area contributed by atoms with Crippen molar-refractivity contribution in [2.45, 2.75) is 77.7 Å². The molecule has 1 atom stereocenters. The molecule has 0 saturated carbocycles. The highest BCUT2D eigenvalue weighted by Gasteiger charge is 2.37. The third-order valence-corrected chi connectivity index (χ3v) is 6.19. The Hall–Kier alpha value is -1.48. The molecular formula is C22H39N3O5. The van der Waals surface area contributed by atoms with E-state index in [9.17, 15) is 9.59 Å². The molecule has 2 heterocycles. The number of likely N-dealkylation sites (tertiary alicyclic amines) is 1. The fraction of sp³-hybridized carbons (Fsp3) is 0.818. The van der Waals surface area contributed by atoms with Crippen molar-refractivity contribution in [1.29, 1.82) is 0 Å². The van der Waals surface area contributed by atoms with Gasteiger partial charge in [0.2, 0.25) is 5.91 Å². The van der Waals surface area contributed by atoms with Crippen molar-refractivity contribution in [2.24, 2.45) is 11.1 Å². The van der Waals surface area contributed by atoms with Gasteiger partial charge in [-0.25, -0.2) is 0 Å². The number of hydrogen-bond donors (Lipinski definition) is 2. The van der Waals surface area contributed by atoms with Gasteiger partial charge in [-0.3, -0.25) is 19.8 Å². The van der Waals surface area contributed by atoms with Gasteiger partial charge in [-0.05, 0) is 46.0 Å². The van der Waals surface area contributed by atoms with E-state index < -0.39 is 16.9 Å². The van der Waals surface area contributed by atoms with Crippen molar-refractivity contribution in [1.82, 2.24) is 10.2 Å². The van der Waals surface area contributed by atoms with Gasteiger partial charge in [0.15, 0.2) is 6.29 Å².